The van der Waals surface area contributed by atoms with Crippen LogP contribution in [0, 0.1) is 20.8 Å². The quantitative estimate of drug-likeness (QED) is 0.142. The van der Waals surface area contributed by atoms with Crippen LogP contribution >= 0.6 is 0 Å². The Kier molecular flexibility index (Phi) is 6.16. The number of aromatic hydroxyl groups is 2. The van der Waals surface area contributed by atoms with Crippen LogP contribution in [0.3, 0.4) is 0 Å². The van der Waals surface area contributed by atoms with Gasteiger partial charge < -0.3 is 20.8 Å². The van der Waals surface area contributed by atoms with E-state index in [9.17, 15) is 32.8 Å². The molecule has 0 atom stereocenters. The Bertz CT molecular complexity index is 1830. The van der Waals surface area contributed by atoms with Gasteiger partial charge in [-0.1, -0.05) is 23.8 Å². The zero-order valence-corrected chi connectivity index (χ0v) is 22.0. The molecule has 0 bridgehead atoms. The first-order chi connectivity index (χ1) is 18.4. The molecule has 0 aromatic heterocycles. The van der Waals surface area contributed by atoms with Crippen molar-refractivity contribution in [3.8, 4) is 11.5 Å². The molecule has 198 valence electrons. The highest BCUT2D eigenvalue weighted by Crippen LogP contribution is 2.44. The summed E-state index contributed by atoms with van der Waals surface area (Å²) in [5.74, 6) is -2.41. The third-order valence-corrected chi connectivity index (χ3v) is 7.50. The van der Waals surface area contributed by atoms with Gasteiger partial charge in [-0.05, 0) is 74.4 Å². The number of fused-ring (bicyclic) bond motifs is 2. The summed E-state index contributed by atoms with van der Waals surface area (Å²) in [5.41, 5.74) is 2.60. The molecule has 0 amide bonds. The van der Waals surface area contributed by atoms with Crippen LogP contribution in [0.5, 0.6) is 11.5 Å². The summed E-state index contributed by atoms with van der Waals surface area (Å²) >= 11 is 0. The molecular formula is C29H24N2O7S. The van der Waals surface area contributed by atoms with E-state index in [-0.39, 0.29) is 39.3 Å². The number of anilines is 4. The summed E-state index contributed by atoms with van der Waals surface area (Å²) in [6.07, 6.45) is 0. The maximum absolute atomic E-state index is 13.8. The predicted molar refractivity (Wildman–Crippen MR) is 147 cm³/mol. The lowest BCUT2D eigenvalue weighted by molar-refractivity contribution is 0.0975. The van der Waals surface area contributed by atoms with Gasteiger partial charge in [-0.3, -0.25) is 14.1 Å². The lowest BCUT2D eigenvalue weighted by Gasteiger charge is -2.25. The predicted octanol–water partition coefficient (Wildman–Crippen LogP) is 5.53. The van der Waals surface area contributed by atoms with Gasteiger partial charge in [0.1, 0.15) is 16.4 Å². The Labute approximate surface area is 224 Å². The van der Waals surface area contributed by atoms with Gasteiger partial charge in [0.2, 0.25) is 11.6 Å². The molecule has 5 N–H and O–H groups in total. The van der Waals surface area contributed by atoms with Gasteiger partial charge in [0.25, 0.3) is 10.1 Å². The van der Waals surface area contributed by atoms with Crippen LogP contribution in [-0.4, -0.2) is 34.8 Å². The number of carbonyl (C=O) groups is 2. The van der Waals surface area contributed by atoms with Gasteiger partial charge in [0.05, 0.1) is 39.3 Å². The van der Waals surface area contributed by atoms with E-state index >= 15 is 0 Å². The SMILES string of the molecule is Cc1ccc(Nc2ccc(Nc3ccc(C)cc3S(=O)(=O)O)c3c2C(=O)c2c(O)ccc(O)c2C3=O)c(C)c1. The van der Waals surface area contributed by atoms with E-state index in [1.165, 1.54) is 18.2 Å². The summed E-state index contributed by atoms with van der Waals surface area (Å²) in [7, 11) is -4.64. The van der Waals surface area contributed by atoms with E-state index in [2.05, 4.69) is 10.6 Å². The fraction of sp³-hybridized carbons (Fsp3) is 0.103. The van der Waals surface area contributed by atoms with Crippen LogP contribution in [0.1, 0.15) is 48.5 Å². The molecule has 0 radical (unpaired) electrons. The topological polar surface area (TPSA) is 153 Å². The van der Waals surface area contributed by atoms with E-state index in [0.29, 0.717) is 11.3 Å². The molecule has 4 aromatic carbocycles. The molecule has 10 heteroatoms. The van der Waals surface area contributed by atoms with Crippen molar-refractivity contribution >= 4 is 44.4 Å². The lowest BCUT2D eigenvalue weighted by Crippen LogP contribution is -2.24. The van der Waals surface area contributed by atoms with Crippen LogP contribution in [0.15, 0.2) is 65.6 Å². The van der Waals surface area contributed by atoms with Crippen LogP contribution in [-0.2, 0) is 10.1 Å². The van der Waals surface area contributed by atoms with Crippen molar-refractivity contribution in [2.24, 2.45) is 0 Å². The zero-order valence-electron chi connectivity index (χ0n) is 21.2. The molecule has 0 aliphatic heterocycles. The molecule has 0 spiro atoms. The maximum atomic E-state index is 13.8. The minimum absolute atomic E-state index is 0.0217. The fourth-order valence-electron chi connectivity index (χ4n) is 4.76. The van der Waals surface area contributed by atoms with Crippen LogP contribution in [0.25, 0.3) is 0 Å². The second-order valence-corrected chi connectivity index (χ2v) is 10.9. The van der Waals surface area contributed by atoms with E-state index in [4.69, 9.17) is 0 Å². The number of phenolic OH excluding ortho intramolecular Hbond substituents is 2. The molecule has 0 fully saturated rings. The molecule has 0 saturated carbocycles. The highest BCUT2D eigenvalue weighted by atomic mass is 32.2. The normalized spacial score (nSPS) is 12.6. The van der Waals surface area contributed by atoms with Gasteiger partial charge in [-0.15, -0.1) is 0 Å². The average molecular weight is 545 g/mol. The second-order valence-electron chi connectivity index (χ2n) is 9.47. The molecule has 4 aromatic rings. The van der Waals surface area contributed by atoms with Gasteiger partial charge in [-0.25, -0.2) is 0 Å². The largest absolute Gasteiger partial charge is 0.507 e. The summed E-state index contributed by atoms with van der Waals surface area (Å²) in [4.78, 5) is 27.2. The number of phenols is 2. The number of ketones is 2. The number of hydrogen-bond donors (Lipinski definition) is 5. The van der Waals surface area contributed by atoms with Crippen molar-refractivity contribution in [1.29, 1.82) is 0 Å². The first-order valence-corrected chi connectivity index (χ1v) is 13.3. The van der Waals surface area contributed by atoms with E-state index in [0.717, 1.165) is 23.3 Å². The molecule has 0 heterocycles. The number of hydrogen-bond acceptors (Lipinski definition) is 8. The number of aryl methyl sites for hydroxylation is 3. The van der Waals surface area contributed by atoms with E-state index < -0.39 is 38.1 Å². The number of nitrogens with one attached hydrogen (secondary N) is 2. The van der Waals surface area contributed by atoms with Gasteiger partial charge >= 0.3 is 0 Å². The molecule has 5 rings (SSSR count). The van der Waals surface area contributed by atoms with Crippen LogP contribution < -0.4 is 10.6 Å². The molecular weight excluding hydrogens is 520 g/mol. The van der Waals surface area contributed by atoms with Crippen LogP contribution in [0.4, 0.5) is 22.7 Å². The first kappa shape index (κ1) is 26.0. The Morgan fingerprint density at radius 3 is 1.51 bits per heavy atom. The summed E-state index contributed by atoms with van der Waals surface area (Å²) in [5, 5.41) is 27.1. The Hall–Kier alpha value is -4.67. The highest BCUT2D eigenvalue weighted by Gasteiger charge is 2.38. The Morgan fingerprint density at radius 1 is 0.590 bits per heavy atom. The third-order valence-electron chi connectivity index (χ3n) is 6.61. The minimum Gasteiger partial charge on any atom is -0.507 e. The van der Waals surface area contributed by atoms with Crippen molar-refractivity contribution in [3.05, 3.63) is 99.6 Å². The summed E-state index contributed by atoms with van der Waals surface area (Å²) in [6.45, 7) is 5.49. The van der Waals surface area contributed by atoms with E-state index in [1.807, 2.05) is 32.0 Å². The molecule has 1 aliphatic rings. The third kappa shape index (κ3) is 4.49. The molecule has 0 unspecified atom stereocenters. The highest BCUT2D eigenvalue weighted by molar-refractivity contribution is 7.86. The number of carbonyl (C=O) groups excluding carboxylic acids is 2. The first-order valence-electron chi connectivity index (χ1n) is 11.9. The van der Waals surface area contributed by atoms with Crippen molar-refractivity contribution in [3.63, 3.8) is 0 Å². The molecule has 39 heavy (non-hydrogen) atoms. The van der Waals surface area contributed by atoms with Crippen molar-refractivity contribution < 1.29 is 32.8 Å². The smallest absolute Gasteiger partial charge is 0.296 e. The maximum Gasteiger partial charge on any atom is 0.296 e. The number of rotatable bonds is 5. The van der Waals surface area contributed by atoms with Crippen LogP contribution in [0.2, 0.25) is 0 Å². The monoisotopic (exact) mass is 544 g/mol. The van der Waals surface area contributed by atoms with Crippen molar-refractivity contribution in [2.75, 3.05) is 10.6 Å². The Balaban J connectivity index is 1.75. The fourth-order valence-corrected chi connectivity index (χ4v) is 5.50. The van der Waals surface area contributed by atoms with Crippen molar-refractivity contribution in [1.82, 2.24) is 0 Å². The zero-order chi connectivity index (χ0) is 28.2. The number of benzene rings is 4. The lowest BCUT2D eigenvalue weighted by atomic mass is 9.81. The van der Waals surface area contributed by atoms with Gasteiger partial charge in [0, 0.05) is 5.69 Å². The Morgan fingerprint density at radius 2 is 1.03 bits per heavy atom. The average Bonchev–Trinajstić information content (AvgIpc) is 2.86. The standard InChI is InChI=1S/C29H24N2O7S/c1-14-4-6-17(16(3)12-14)30-19-8-9-20(31-18-7-5-15(2)13-23(18)39(36,37)38)25-24(19)28(34)26-21(32)10-11-22(33)27(26)29(25)35/h4-13,30-33H,1-3H3,(H,36,37,38). The summed E-state index contributed by atoms with van der Waals surface area (Å²) in [6, 6.07) is 15.3. The molecule has 9 nitrogen and oxygen atoms in total. The molecule has 1 aliphatic carbocycles. The van der Waals surface area contributed by atoms with Gasteiger partial charge in [0.15, 0.2) is 0 Å². The van der Waals surface area contributed by atoms with Gasteiger partial charge in [-0.2, -0.15) is 8.42 Å². The second kappa shape index (κ2) is 9.26. The minimum atomic E-state index is -4.64. The van der Waals surface area contributed by atoms with E-state index in [1.54, 1.807) is 19.1 Å². The molecule has 0 saturated heterocycles. The summed E-state index contributed by atoms with van der Waals surface area (Å²) < 4.78 is 34.0. The van der Waals surface area contributed by atoms with Crippen molar-refractivity contribution in [2.45, 2.75) is 25.7 Å².